The second kappa shape index (κ2) is 11.0. The zero-order valence-electron chi connectivity index (χ0n) is 14.2. The molecule has 0 aliphatic heterocycles. The number of carboxylic acid groups (broad SMARTS) is 1. The van der Waals surface area contributed by atoms with Gasteiger partial charge in [0.2, 0.25) is 23.6 Å². The molecule has 25 heavy (non-hydrogen) atoms. The number of carbonyl (C=O) groups excluding carboxylic acids is 4. The Morgan fingerprint density at radius 3 is 2.08 bits per heavy atom. The number of aliphatic carboxylic acids is 1. The second-order valence-corrected chi connectivity index (χ2v) is 5.67. The summed E-state index contributed by atoms with van der Waals surface area (Å²) in [6.07, 6.45) is -0.297. The smallest absolute Gasteiger partial charge is 0.326 e. The van der Waals surface area contributed by atoms with Gasteiger partial charge in [-0.1, -0.05) is 13.8 Å². The largest absolute Gasteiger partial charge is 0.480 e. The fourth-order valence-corrected chi connectivity index (χ4v) is 1.82. The van der Waals surface area contributed by atoms with Crippen LogP contribution in [0.15, 0.2) is 0 Å². The number of primary amides is 1. The summed E-state index contributed by atoms with van der Waals surface area (Å²) in [7, 11) is 0. The number of rotatable bonds is 11. The predicted molar refractivity (Wildman–Crippen MR) is 86.8 cm³/mol. The molecule has 0 aromatic carbocycles. The highest BCUT2D eigenvalue weighted by atomic mass is 16.4. The van der Waals surface area contributed by atoms with E-state index in [4.69, 9.17) is 16.6 Å². The Labute approximate surface area is 144 Å². The van der Waals surface area contributed by atoms with Gasteiger partial charge in [0.25, 0.3) is 0 Å². The van der Waals surface area contributed by atoms with Gasteiger partial charge < -0.3 is 32.5 Å². The summed E-state index contributed by atoms with van der Waals surface area (Å²) in [6, 6.07) is -2.33. The molecule has 142 valence electrons. The molecule has 0 saturated carbocycles. The highest BCUT2D eigenvalue weighted by Gasteiger charge is 2.28. The van der Waals surface area contributed by atoms with Gasteiger partial charge in [-0.25, -0.2) is 4.79 Å². The van der Waals surface area contributed by atoms with Crippen molar-refractivity contribution in [2.24, 2.45) is 17.4 Å². The van der Waals surface area contributed by atoms with Gasteiger partial charge in [-0.2, -0.15) is 0 Å². The highest BCUT2D eigenvalue weighted by Crippen LogP contribution is 2.04. The Balaban J connectivity index is 4.92. The van der Waals surface area contributed by atoms with E-state index in [9.17, 15) is 24.0 Å². The lowest BCUT2D eigenvalue weighted by atomic mass is 10.0. The summed E-state index contributed by atoms with van der Waals surface area (Å²) in [4.78, 5) is 57.2. The molecule has 0 aromatic rings. The molecule has 8 N–H and O–H groups in total. The fourth-order valence-electron chi connectivity index (χ4n) is 1.82. The van der Waals surface area contributed by atoms with Crippen LogP contribution in [-0.2, 0) is 24.0 Å². The molecule has 0 bridgehead atoms. The topological polar surface area (TPSA) is 194 Å². The molecule has 0 fully saturated rings. The van der Waals surface area contributed by atoms with Crippen LogP contribution in [0.25, 0.3) is 0 Å². The van der Waals surface area contributed by atoms with E-state index in [0.29, 0.717) is 0 Å². The molecule has 11 nitrogen and oxygen atoms in total. The average Bonchev–Trinajstić information content (AvgIpc) is 2.52. The predicted octanol–water partition coefficient (Wildman–Crippen LogP) is -2.96. The lowest BCUT2D eigenvalue weighted by molar-refractivity contribution is -0.143. The van der Waals surface area contributed by atoms with Gasteiger partial charge in [0.1, 0.15) is 12.1 Å². The van der Waals surface area contributed by atoms with Crippen molar-refractivity contribution in [2.45, 2.75) is 38.8 Å². The molecule has 0 aliphatic rings. The Morgan fingerprint density at radius 2 is 1.64 bits per heavy atom. The van der Waals surface area contributed by atoms with E-state index in [2.05, 4.69) is 16.0 Å². The standard InChI is InChI=1S/C14H25N5O6/c1-7(2)12(14(24)25)19-13(23)8(3-4-9(16)20)18-11(22)6-17-10(21)5-15/h7-8,12H,3-6,15H2,1-2H3,(H2,16,20)(H,17,21)(H,18,22)(H,19,23)(H,24,25). The molecular weight excluding hydrogens is 334 g/mol. The van der Waals surface area contributed by atoms with Gasteiger partial charge in [0.05, 0.1) is 13.1 Å². The van der Waals surface area contributed by atoms with E-state index in [0.717, 1.165) is 0 Å². The molecule has 0 heterocycles. The van der Waals surface area contributed by atoms with Crippen LogP contribution in [-0.4, -0.2) is 59.9 Å². The molecule has 0 aliphatic carbocycles. The number of hydrogen-bond acceptors (Lipinski definition) is 6. The summed E-state index contributed by atoms with van der Waals surface area (Å²) in [5.74, 6) is -4.30. The Bertz CT molecular complexity index is 522. The first-order valence-electron chi connectivity index (χ1n) is 7.66. The third kappa shape index (κ3) is 9.25. The number of nitrogens with one attached hydrogen (secondary N) is 3. The van der Waals surface area contributed by atoms with Crippen LogP contribution in [0.4, 0.5) is 0 Å². The summed E-state index contributed by atoms with van der Waals surface area (Å²) in [5.41, 5.74) is 10.1. The van der Waals surface area contributed by atoms with E-state index in [-0.39, 0.29) is 19.4 Å². The summed E-state index contributed by atoms with van der Waals surface area (Å²) >= 11 is 0. The van der Waals surface area contributed by atoms with Crippen LogP contribution in [0.3, 0.4) is 0 Å². The van der Waals surface area contributed by atoms with E-state index in [1.807, 2.05) is 0 Å². The zero-order valence-corrected chi connectivity index (χ0v) is 14.2. The van der Waals surface area contributed by atoms with Crippen LogP contribution >= 0.6 is 0 Å². The monoisotopic (exact) mass is 359 g/mol. The molecule has 0 radical (unpaired) electrons. The summed E-state index contributed by atoms with van der Waals surface area (Å²) in [5, 5.41) is 16.0. The molecule has 2 unspecified atom stereocenters. The Kier molecular flexibility index (Phi) is 9.79. The van der Waals surface area contributed by atoms with E-state index in [1.165, 1.54) is 0 Å². The molecule has 0 rings (SSSR count). The average molecular weight is 359 g/mol. The van der Waals surface area contributed by atoms with Gasteiger partial charge in [-0.15, -0.1) is 0 Å². The van der Waals surface area contributed by atoms with Crippen molar-refractivity contribution in [3.05, 3.63) is 0 Å². The SMILES string of the molecule is CC(C)C(NC(=O)C(CCC(N)=O)NC(=O)CNC(=O)CN)C(=O)O. The van der Waals surface area contributed by atoms with Gasteiger partial charge >= 0.3 is 5.97 Å². The lowest BCUT2D eigenvalue weighted by Gasteiger charge is -2.23. The van der Waals surface area contributed by atoms with Crippen LogP contribution < -0.4 is 27.4 Å². The van der Waals surface area contributed by atoms with Crippen LogP contribution in [0.5, 0.6) is 0 Å². The fraction of sp³-hybridized carbons (Fsp3) is 0.643. The van der Waals surface area contributed by atoms with Crippen LogP contribution in [0.2, 0.25) is 0 Å². The van der Waals surface area contributed by atoms with E-state index >= 15 is 0 Å². The van der Waals surface area contributed by atoms with Crippen molar-refractivity contribution in [2.75, 3.05) is 13.1 Å². The first-order chi connectivity index (χ1) is 11.6. The highest BCUT2D eigenvalue weighted by molar-refractivity contribution is 5.92. The molecular formula is C14H25N5O6. The van der Waals surface area contributed by atoms with Crippen LogP contribution in [0, 0.1) is 5.92 Å². The number of carbonyl (C=O) groups is 5. The molecule has 11 heteroatoms. The normalized spacial score (nSPS) is 12.8. The van der Waals surface area contributed by atoms with E-state index < -0.39 is 54.1 Å². The third-order valence-electron chi connectivity index (χ3n) is 3.19. The van der Waals surface area contributed by atoms with Crippen LogP contribution in [0.1, 0.15) is 26.7 Å². The van der Waals surface area contributed by atoms with Gasteiger partial charge in [0, 0.05) is 6.42 Å². The molecule has 0 saturated heterocycles. The van der Waals surface area contributed by atoms with Crippen molar-refractivity contribution in [1.29, 1.82) is 0 Å². The van der Waals surface area contributed by atoms with Crippen molar-refractivity contribution in [3.63, 3.8) is 0 Å². The van der Waals surface area contributed by atoms with Gasteiger partial charge in [-0.3, -0.25) is 19.2 Å². The lowest BCUT2D eigenvalue weighted by Crippen LogP contribution is -2.54. The minimum Gasteiger partial charge on any atom is -0.480 e. The molecule has 0 aromatic heterocycles. The molecule has 4 amide bonds. The first kappa shape index (κ1) is 22.3. The quantitative estimate of drug-likeness (QED) is 0.227. The van der Waals surface area contributed by atoms with Gasteiger partial charge in [0.15, 0.2) is 0 Å². The zero-order chi connectivity index (χ0) is 19.6. The first-order valence-corrected chi connectivity index (χ1v) is 7.66. The maximum absolute atomic E-state index is 12.3. The minimum absolute atomic E-state index is 0.109. The number of nitrogens with two attached hydrogens (primary N) is 2. The van der Waals surface area contributed by atoms with Crippen molar-refractivity contribution < 1.29 is 29.1 Å². The molecule has 2 atom stereocenters. The second-order valence-electron chi connectivity index (χ2n) is 5.67. The summed E-state index contributed by atoms with van der Waals surface area (Å²) < 4.78 is 0. The maximum atomic E-state index is 12.3. The Hall–Kier alpha value is -2.69. The van der Waals surface area contributed by atoms with Crippen molar-refractivity contribution in [1.82, 2.24) is 16.0 Å². The maximum Gasteiger partial charge on any atom is 0.326 e. The Morgan fingerprint density at radius 1 is 1.04 bits per heavy atom. The number of carboxylic acids is 1. The minimum atomic E-state index is -1.22. The van der Waals surface area contributed by atoms with Crippen molar-refractivity contribution >= 4 is 29.6 Å². The van der Waals surface area contributed by atoms with Crippen molar-refractivity contribution in [3.8, 4) is 0 Å². The summed E-state index contributed by atoms with van der Waals surface area (Å²) in [6.45, 7) is 2.51. The molecule has 0 spiro atoms. The number of hydrogen-bond donors (Lipinski definition) is 6. The third-order valence-corrected chi connectivity index (χ3v) is 3.19. The van der Waals surface area contributed by atoms with E-state index in [1.54, 1.807) is 13.8 Å². The number of amides is 4. The van der Waals surface area contributed by atoms with Gasteiger partial charge in [-0.05, 0) is 12.3 Å².